The van der Waals surface area contributed by atoms with Crippen LogP contribution in [0.2, 0.25) is 0 Å². The lowest BCUT2D eigenvalue weighted by molar-refractivity contribution is -0.384. The van der Waals surface area contributed by atoms with E-state index < -0.39 is 4.92 Å². The van der Waals surface area contributed by atoms with Crippen molar-refractivity contribution in [2.75, 3.05) is 43.6 Å². The van der Waals surface area contributed by atoms with Crippen LogP contribution in [-0.4, -0.2) is 54.6 Å². The molecule has 1 unspecified atom stereocenters. The summed E-state index contributed by atoms with van der Waals surface area (Å²) in [6.45, 7) is 5.00. The Labute approximate surface area is 229 Å². The topological polar surface area (TPSA) is 135 Å². The summed E-state index contributed by atoms with van der Waals surface area (Å²) in [6, 6.07) is 17.2. The summed E-state index contributed by atoms with van der Waals surface area (Å²) in [5.74, 6) is 0.575. The highest BCUT2D eigenvalue weighted by atomic mass is 16.7. The summed E-state index contributed by atoms with van der Waals surface area (Å²) in [5, 5.41) is 20.7. The molecule has 11 nitrogen and oxygen atoms in total. The molecule has 0 bridgehead atoms. The molecular weight excluding hydrogens is 514 g/mol. The van der Waals surface area contributed by atoms with Gasteiger partial charge in [0.2, 0.25) is 12.7 Å². The van der Waals surface area contributed by atoms with Crippen molar-refractivity contribution < 1.29 is 24.0 Å². The molecule has 11 heteroatoms. The Morgan fingerprint density at radius 1 is 1.02 bits per heavy atom. The lowest BCUT2D eigenvalue weighted by atomic mass is 9.98. The molecule has 0 saturated carbocycles. The van der Waals surface area contributed by atoms with Gasteiger partial charge in [0.15, 0.2) is 11.5 Å². The van der Waals surface area contributed by atoms with Crippen LogP contribution < -0.4 is 25.4 Å². The molecule has 0 radical (unpaired) electrons. The molecule has 204 valence electrons. The van der Waals surface area contributed by atoms with Crippen LogP contribution in [0, 0.1) is 10.1 Å². The Balaban J connectivity index is 1.35. The molecule has 2 amide bonds. The highest BCUT2D eigenvalue weighted by Gasteiger charge is 2.31. The average molecular weight is 542 g/mol. The smallest absolute Gasteiger partial charge is 0.271 e. The van der Waals surface area contributed by atoms with E-state index in [1.54, 1.807) is 18.2 Å². The fraction of sp³-hybridized carbons (Fsp3) is 0.241. The quantitative estimate of drug-likeness (QED) is 0.244. The molecule has 40 heavy (non-hydrogen) atoms. The van der Waals surface area contributed by atoms with Crippen molar-refractivity contribution in [1.29, 1.82) is 0 Å². The molecule has 1 atom stereocenters. The fourth-order valence-electron chi connectivity index (χ4n) is 5.15. The van der Waals surface area contributed by atoms with Crippen LogP contribution in [0.1, 0.15) is 29.5 Å². The molecule has 0 aliphatic carbocycles. The van der Waals surface area contributed by atoms with Crippen molar-refractivity contribution in [2.24, 2.45) is 0 Å². The Morgan fingerprint density at radius 3 is 2.52 bits per heavy atom. The molecule has 6 rings (SSSR count). The van der Waals surface area contributed by atoms with E-state index in [2.05, 4.69) is 16.0 Å². The minimum absolute atomic E-state index is 0.0960. The predicted molar refractivity (Wildman–Crippen MR) is 149 cm³/mol. The van der Waals surface area contributed by atoms with E-state index in [4.69, 9.17) is 9.47 Å². The number of non-ortho nitro benzene ring substituents is 1. The molecule has 3 heterocycles. The summed E-state index contributed by atoms with van der Waals surface area (Å²) < 4.78 is 11.0. The number of piperazine rings is 1. The van der Waals surface area contributed by atoms with Gasteiger partial charge in [0.1, 0.15) is 0 Å². The Bertz CT molecular complexity index is 1540. The lowest BCUT2D eigenvalue weighted by Crippen LogP contribution is -2.47. The van der Waals surface area contributed by atoms with Gasteiger partial charge in [-0.1, -0.05) is 12.1 Å². The maximum absolute atomic E-state index is 13.2. The summed E-state index contributed by atoms with van der Waals surface area (Å²) >= 11 is 0. The van der Waals surface area contributed by atoms with E-state index in [0.717, 1.165) is 18.7 Å². The number of nitro benzene ring substituents is 1. The summed E-state index contributed by atoms with van der Waals surface area (Å²) in [7, 11) is 0. The number of fused-ring (bicyclic) bond motifs is 2. The zero-order valence-electron chi connectivity index (χ0n) is 21.7. The lowest BCUT2D eigenvalue weighted by Gasteiger charge is -2.30. The van der Waals surface area contributed by atoms with E-state index in [-0.39, 0.29) is 30.2 Å². The number of carbonyl (C=O) groups excluding carboxylic acids is 2. The molecule has 3 aliphatic heterocycles. The monoisotopic (exact) mass is 541 g/mol. The largest absolute Gasteiger partial charge is 0.454 e. The van der Waals surface area contributed by atoms with Crippen LogP contribution in [0.4, 0.5) is 17.1 Å². The molecule has 1 fully saturated rings. The highest BCUT2D eigenvalue weighted by molar-refractivity contribution is 6.37. The first-order chi connectivity index (χ1) is 19.4. The second-order valence-electron chi connectivity index (χ2n) is 9.80. The van der Waals surface area contributed by atoms with Crippen LogP contribution >= 0.6 is 0 Å². The van der Waals surface area contributed by atoms with E-state index in [1.165, 1.54) is 12.1 Å². The SMILES string of the molecule is CC(C(=O)N1CCNCC1)c1ccc(N/C(=C2\C(=O)Nc3cc([N+](=O)[O-])ccc32)c2ccc3c(c2)OCO3)cc1. The highest BCUT2D eigenvalue weighted by Crippen LogP contribution is 2.41. The maximum atomic E-state index is 13.2. The van der Waals surface area contributed by atoms with Gasteiger partial charge in [-0.05, 0) is 48.9 Å². The second-order valence-corrected chi connectivity index (χ2v) is 9.80. The third-order valence-electron chi connectivity index (χ3n) is 7.35. The van der Waals surface area contributed by atoms with Crippen molar-refractivity contribution in [2.45, 2.75) is 12.8 Å². The third kappa shape index (κ3) is 4.71. The molecule has 3 aromatic carbocycles. The van der Waals surface area contributed by atoms with E-state index >= 15 is 0 Å². The van der Waals surface area contributed by atoms with Crippen molar-refractivity contribution in [1.82, 2.24) is 10.2 Å². The summed E-state index contributed by atoms with van der Waals surface area (Å²) in [5.41, 5.74) is 3.91. The minimum atomic E-state index is -0.499. The number of hydrogen-bond acceptors (Lipinski definition) is 8. The summed E-state index contributed by atoms with van der Waals surface area (Å²) in [6.07, 6.45) is 0. The first-order valence-electron chi connectivity index (χ1n) is 13.0. The Hall–Kier alpha value is -4.90. The number of hydrogen-bond donors (Lipinski definition) is 3. The number of nitrogens with one attached hydrogen (secondary N) is 3. The number of nitro groups is 1. The van der Waals surface area contributed by atoms with Crippen molar-refractivity contribution in [3.8, 4) is 11.5 Å². The second kappa shape index (κ2) is 10.3. The van der Waals surface area contributed by atoms with Gasteiger partial charge in [0, 0.05) is 55.1 Å². The number of rotatable bonds is 6. The van der Waals surface area contributed by atoms with Gasteiger partial charge in [0.25, 0.3) is 11.6 Å². The molecular formula is C29H27N5O6. The van der Waals surface area contributed by atoms with Crippen molar-refractivity contribution in [3.05, 3.63) is 87.5 Å². The van der Waals surface area contributed by atoms with Crippen LogP contribution in [0.25, 0.3) is 11.3 Å². The van der Waals surface area contributed by atoms with Gasteiger partial charge in [-0.2, -0.15) is 0 Å². The normalized spacial score (nSPS) is 17.6. The van der Waals surface area contributed by atoms with Crippen LogP contribution in [0.15, 0.2) is 60.7 Å². The summed E-state index contributed by atoms with van der Waals surface area (Å²) in [4.78, 5) is 38.9. The zero-order chi connectivity index (χ0) is 27.8. The van der Waals surface area contributed by atoms with E-state index in [9.17, 15) is 19.7 Å². The van der Waals surface area contributed by atoms with Gasteiger partial charge in [-0.25, -0.2) is 0 Å². The Morgan fingerprint density at radius 2 is 1.77 bits per heavy atom. The predicted octanol–water partition coefficient (Wildman–Crippen LogP) is 3.79. The number of nitrogens with zero attached hydrogens (tertiary/aromatic N) is 2. The number of anilines is 2. The third-order valence-corrected chi connectivity index (χ3v) is 7.35. The van der Waals surface area contributed by atoms with Crippen LogP contribution in [0.5, 0.6) is 11.5 Å². The number of carbonyl (C=O) groups is 2. The van der Waals surface area contributed by atoms with Gasteiger partial charge in [-0.15, -0.1) is 0 Å². The number of ether oxygens (including phenoxy) is 2. The maximum Gasteiger partial charge on any atom is 0.271 e. The number of amides is 2. The zero-order valence-corrected chi connectivity index (χ0v) is 21.7. The first kappa shape index (κ1) is 25.4. The first-order valence-corrected chi connectivity index (χ1v) is 13.0. The van der Waals surface area contributed by atoms with Crippen LogP contribution in [-0.2, 0) is 9.59 Å². The Kier molecular flexibility index (Phi) is 6.56. The van der Waals surface area contributed by atoms with Gasteiger partial charge in [-0.3, -0.25) is 19.7 Å². The van der Waals surface area contributed by atoms with E-state index in [0.29, 0.717) is 58.4 Å². The van der Waals surface area contributed by atoms with Crippen molar-refractivity contribution in [3.63, 3.8) is 0 Å². The van der Waals surface area contributed by atoms with Crippen LogP contribution in [0.3, 0.4) is 0 Å². The van der Waals surface area contributed by atoms with Crippen molar-refractivity contribution >= 4 is 40.1 Å². The molecule has 1 saturated heterocycles. The molecule has 3 N–H and O–H groups in total. The van der Waals surface area contributed by atoms with E-state index in [1.807, 2.05) is 42.2 Å². The average Bonchev–Trinajstić information content (AvgIpc) is 3.58. The van der Waals surface area contributed by atoms with Gasteiger partial charge >= 0.3 is 0 Å². The fourth-order valence-corrected chi connectivity index (χ4v) is 5.15. The minimum Gasteiger partial charge on any atom is -0.454 e. The molecule has 3 aromatic rings. The molecule has 0 spiro atoms. The molecule has 3 aliphatic rings. The van der Waals surface area contributed by atoms with Gasteiger partial charge < -0.3 is 30.3 Å². The number of benzene rings is 3. The standard InChI is InChI=1S/C29H27N5O6/c1-17(29(36)33-12-10-30-11-13-33)18-2-5-20(6-3-18)31-27(19-4-9-24-25(14-19)40-16-39-24)26-22-8-7-21(34(37)38)15-23(22)32-28(26)35/h2-9,14-15,17,30-31H,10-13,16H2,1H3,(H,32,35)/b27-26-. The van der Waals surface area contributed by atoms with Gasteiger partial charge in [0.05, 0.1) is 27.8 Å². The molecule has 0 aromatic heterocycles.